The van der Waals surface area contributed by atoms with Gasteiger partial charge in [-0.05, 0) is 13.3 Å². The molecular formula is C8H11Zr. The van der Waals surface area contributed by atoms with Crippen LogP contribution in [0.4, 0.5) is 0 Å². The Balaban J connectivity index is 0.000000640. The smallest absolute Gasteiger partial charge is 0.0113 e. The molecule has 0 aromatic rings. The van der Waals surface area contributed by atoms with Gasteiger partial charge >= 0.3 is 0 Å². The van der Waals surface area contributed by atoms with E-state index in [2.05, 4.69) is 32.4 Å². The van der Waals surface area contributed by atoms with Gasteiger partial charge in [-0.1, -0.05) is 30.2 Å². The van der Waals surface area contributed by atoms with Crippen molar-refractivity contribution in [3.8, 4) is 0 Å². The van der Waals surface area contributed by atoms with Crippen LogP contribution in [0.25, 0.3) is 0 Å². The van der Waals surface area contributed by atoms with Crippen molar-refractivity contribution < 1.29 is 26.2 Å². The maximum Gasteiger partial charge on any atom is 0.0113 e. The summed E-state index contributed by atoms with van der Waals surface area (Å²) in [7, 11) is 0. The van der Waals surface area contributed by atoms with E-state index in [0.29, 0.717) is 0 Å². The van der Waals surface area contributed by atoms with Gasteiger partial charge in [-0.3, -0.25) is 0 Å². The summed E-state index contributed by atoms with van der Waals surface area (Å²) in [5.74, 6) is 0. The molecule has 1 heteroatoms. The first-order valence-electron chi connectivity index (χ1n) is 3.05. The molecule has 9 heavy (non-hydrogen) atoms. The monoisotopic (exact) mass is 197 g/mol. The Kier molecular flexibility index (Phi) is 4.39. The SMILES string of the molecule is CCC1=CC=C(C)[CH]1.[Zr]. The van der Waals surface area contributed by atoms with Crippen molar-refractivity contribution in [1.82, 2.24) is 0 Å². The second kappa shape index (κ2) is 4.22. The minimum Gasteiger partial charge on any atom is -0.0652 e. The third-order valence-electron chi connectivity index (χ3n) is 1.38. The molecule has 0 aromatic carbocycles. The molecule has 0 aliphatic heterocycles. The normalized spacial score (nSPS) is 16.2. The molecule has 0 fully saturated rings. The van der Waals surface area contributed by atoms with E-state index >= 15 is 0 Å². The Morgan fingerprint density at radius 3 is 2.22 bits per heavy atom. The molecule has 0 bridgehead atoms. The van der Waals surface area contributed by atoms with Crippen LogP contribution >= 0.6 is 0 Å². The van der Waals surface area contributed by atoms with Gasteiger partial charge in [-0.15, -0.1) is 0 Å². The summed E-state index contributed by atoms with van der Waals surface area (Å²) >= 11 is 0. The van der Waals surface area contributed by atoms with Crippen molar-refractivity contribution in [2.45, 2.75) is 20.3 Å². The molecule has 0 heterocycles. The van der Waals surface area contributed by atoms with E-state index in [4.69, 9.17) is 0 Å². The van der Waals surface area contributed by atoms with Crippen molar-refractivity contribution in [2.24, 2.45) is 0 Å². The summed E-state index contributed by atoms with van der Waals surface area (Å²) in [6.45, 7) is 4.30. The van der Waals surface area contributed by atoms with Gasteiger partial charge in [0.05, 0.1) is 0 Å². The van der Waals surface area contributed by atoms with Gasteiger partial charge in [-0.25, -0.2) is 0 Å². The maximum atomic E-state index is 2.22. The third-order valence-corrected chi connectivity index (χ3v) is 1.38. The number of hydrogen-bond acceptors (Lipinski definition) is 0. The molecule has 47 valence electrons. The van der Waals surface area contributed by atoms with Crippen molar-refractivity contribution in [1.29, 1.82) is 0 Å². The molecule has 0 atom stereocenters. The average Bonchev–Trinajstić information content (AvgIpc) is 2.14. The quantitative estimate of drug-likeness (QED) is 0.607. The van der Waals surface area contributed by atoms with E-state index < -0.39 is 0 Å². The fourth-order valence-electron chi connectivity index (χ4n) is 0.847. The van der Waals surface area contributed by atoms with E-state index in [1.807, 2.05) is 0 Å². The maximum absolute atomic E-state index is 2.22. The topological polar surface area (TPSA) is 0 Å². The van der Waals surface area contributed by atoms with Gasteiger partial charge in [0.25, 0.3) is 0 Å². The molecule has 1 aliphatic carbocycles. The molecule has 0 saturated heterocycles. The molecule has 1 rings (SSSR count). The summed E-state index contributed by atoms with van der Waals surface area (Å²) < 4.78 is 0. The Hall–Kier alpha value is 0.363. The van der Waals surface area contributed by atoms with Gasteiger partial charge in [-0.2, -0.15) is 0 Å². The summed E-state index contributed by atoms with van der Waals surface area (Å²) in [5, 5.41) is 0. The Labute approximate surface area is 76.2 Å². The first-order chi connectivity index (χ1) is 3.83. The Morgan fingerprint density at radius 1 is 1.33 bits per heavy atom. The molecule has 1 radical (unpaired) electrons. The third kappa shape index (κ3) is 2.62. The van der Waals surface area contributed by atoms with Crippen molar-refractivity contribution in [3.63, 3.8) is 0 Å². The minimum atomic E-state index is 0. The fourth-order valence-corrected chi connectivity index (χ4v) is 0.847. The van der Waals surface area contributed by atoms with Gasteiger partial charge in [0.15, 0.2) is 0 Å². The van der Waals surface area contributed by atoms with Crippen LogP contribution < -0.4 is 0 Å². The molecule has 0 amide bonds. The zero-order chi connectivity index (χ0) is 5.98. The second-order valence-corrected chi connectivity index (χ2v) is 2.15. The summed E-state index contributed by atoms with van der Waals surface area (Å²) in [5.41, 5.74) is 2.82. The zero-order valence-electron chi connectivity index (χ0n) is 5.94. The first-order valence-corrected chi connectivity index (χ1v) is 3.05. The van der Waals surface area contributed by atoms with Crippen molar-refractivity contribution >= 4 is 0 Å². The van der Waals surface area contributed by atoms with Crippen LogP contribution in [-0.4, -0.2) is 0 Å². The van der Waals surface area contributed by atoms with Crippen LogP contribution in [0.15, 0.2) is 23.3 Å². The molecule has 0 saturated carbocycles. The van der Waals surface area contributed by atoms with Crippen LogP contribution in [0.5, 0.6) is 0 Å². The predicted molar refractivity (Wildman–Crippen MR) is 36.4 cm³/mol. The first kappa shape index (κ1) is 9.36. The largest absolute Gasteiger partial charge is 0.0652 e. The fraction of sp³-hybridized carbons (Fsp3) is 0.375. The average molecular weight is 198 g/mol. The predicted octanol–water partition coefficient (Wildman–Crippen LogP) is 2.48. The summed E-state index contributed by atoms with van der Waals surface area (Å²) in [4.78, 5) is 0. The number of hydrogen-bond donors (Lipinski definition) is 0. The summed E-state index contributed by atoms with van der Waals surface area (Å²) in [6.07, 6.45) is 7.71. The van der Waals surface area contributed by atoms with E-state index in [-0.39, 0.29) is 26.2 Å². The molecule has 0 unspecified atom stereocenters. The second-order valence-electron chi connectivity index (χ2n) is 2.15. The van der Waals surface area contributed by atoms with Crippen LogP contribution in [0.2, 0.25) is 0 Å². The zero-order valence-corrected chi connectivity index (χ0v) is 8.40. The molecule has 1 aliphatic rings. The van der Waals surface area contributed by atoms with E-state index in [0.717, 1.165) is 6.42 Å². The molecular weight excluding hydrogens is 187 g/mol. The van der Waals surface area contributed by atoms with Crippen LogP contribution in [0.1, 0.15) is 20.3 Å². The van der Waals surface area contributed by atoms with Crippen LogP contribution in [0, 0.1) is 6.42 Å². The molecule has 0 nitrogen and oxygen atoms in total. The van der Waals surface area contributed by atoms with Gasteiger partial charge in [0, 0.05) is 32.6 Å². The van der Waals surface area contributed by atoms with E-state index in [1.54, 1.807) is 0 Å². The van der Waals surface area contributed by atoms with Gasteiger partial charge in [0.1, 0.15) is 0 Å². The molecule has 0 spiro atoms. The minimum absolute atomic E-state index is 0. The van der Waals surface area contributed by atoms with Gasteiger partial charge in [0.2, 0.25) is 0 Å². The summed E-state index contributed by atoms with van der Waals surface area (Å²) in [6, 6.07) is 0. The van der Waals surface area contributed by atoms with E-state index in [9.17, 15) is 0 Å². The van der Waals surface area contributed by atoms with Crippen molar-refractivity contribution in [2.75, 3.05) is 0 Å². The standard InChI is InChI=1S/C8H11.Zr/c1-3-8-5-4-7(2)6-8;/h4-6H,3H2,1-2H3;. The molecule has 0 N–H and O–H groups in total. The number of allylic oxidation sites excluding steroid dienone is 4. The van der Waals surface area contributed by atoms with Crippen LogP contribution in [0.3, 0.4) is 0 Å². The molecule has 0 aromatic heterocycles. The Bertz CT molecular complexity index is 143. The van der Waals surface area contributed by atoms with Crippen LogP contribution in [-0.2, 0) is 26.2 Å². The van der Waals surface area contributed by atoms with E-state index in [1.165, 1.54) is 11.1 Å². The number of rotatable bonds is 1. The van der Waals surface area contributed by atoms with Gasteiger partial charge < -0.3 is 0 Å². The Morgan fingerprint density at radius 2 is 2.00 bits per heavy atom. The van der Waals surface area contributed by atoms with Crippen molar-refractivity contribution in [3.05, 3.63) is 29.7 Å².